The molecule has 3 saturated heterocycles. The SMILES string of the molecule is CC[NH+]1CCC(S(C)(=O)=O)CC1.COc1ncc(-c2nc(N3CCOCC3)nc3c(CN4CCC(S(C)(=O)=O)CC4)c(C)sc23)cc1NS(C)(=O)=O.CS(=O)(=O)C1CCCCC1.FB(F)CCl.[F-].[K+]. The molecule has 2 N–H and O–H groups in total. The number of ether oxygens (including phenoxy) is 2. The molecule has 6 heterocycles. The van der Waals surface area contributed by atoms with Crippen molar-refractivity contribution in [3.63, 3.8) is 0 Å². The van der Waals surface area contributed by atoms with Gasteiger partial charge in [0.15, 0.2) is 9.84 Å². The number of alkyl halides is 1. The van der Waals surface area contributed by atoms with Crippen molar-refractivity contribution in [2.24, 2.45) is 0 Å². The van der Waals surface area contributed by atoms with Crippen LogP contribution in [0.2, 0.25) is 0 Å². The first-order valence-corrected chi connectivity index (χ1v) is 31.6. The minimum atomic E-state index is -3.57. The van der Waals surface area contributed by atoms with Gasteiger partial charge in [0.1, 0.15) is 25.4 Å². The van der Waals surface area contributed by atoms with Crippen molar-refractivity contribution in [1.82, 2.24) is 19.9 Å². The first-order chi connectivity index (χ1) is 31.3. The number of piperidine rings is 2. The van der Waals surface area contributed by atoms with Crippen LogP contribution >= 0.6 is 22.9 Å². The van der Waals surface area contributed by atoms with E-state index in [0.29, 0.717) is 76.0 Å². The van der Waals surface area contributed by atoms with Gasteiger partial charge in [-0.15, -0.1) is 22.9 Å². The van der Waals surface area contributed by atoms with Crippen molar-refractivity contribution < 1.29 is 113 Å². The third-order valence-electron chi connectivity index (χ3n) is 12.3. The minimum absolute atomic E-state index is 0. The van der Waals surface area contributed by atoms with Gasteiger partial charge >= 0.3 is 58.7 Å². The molecule has 0 spiro atoms. The topological polar surface area (TPSA) is 217 Å². The Morgan fingerprint density at radius 3 is 1.84 bits per heavy atom. The van der Waals surface area contributed by atoms with Gasteiger partial charge in [0.25, 0.3) is 0 Å². The van der Waals surface area contributed by atoms with Crippen molar-refractivity contribution in [3.05, 3.63) is 22.7 Å². The standard InChI is InChI=1S/C25H34N6O6S3.C8H17NO2S.C7H14O2S.CH2BClF2.FH.K/c1-16-19(15-30-7-5-18(6-8-30)39(3,32)33)22-23(38-16)21(27-25(28-22)31-9-11-37-12-10-31)17-13-20(29-40(4,34)35)24(36-2)26-14-17;1-3-9-6-4-8(5-7-9)12(2,10)11;1-10(8,9)7-5-3-2-4-6-7;3-1-2(4)5;;/h13-14,18,29H,5-12,15H2,1-4H3;8H,3-7H2,1-2H3;7H,2-6H2,1H3;1H2;1H;/q;;;;;+1. The van der Waals surface area contributed by atoms with E-state index in [-0.39, 0.29) is 83.4 Å². The Morgan fingerprint density at radius 2 is 1.38 bits per heavy atom. The number of sulfone groups is 3. The van der Waals surface area contributed by atoms with E-state index in [1.54, 1.807) is 23.6 Å². The number of nitrogens with zero attached hydrogens (tertiary/aromatic N) is 5. The minimum Gasteiger partial charge on any atom is -1.00 e. The molecule has 1 saturated carbocycles. The van der Waals surface area contributed by atoms with E-state index in [9.17, 15) is 42.3 Å². The van der Waals surface area contributed by atoms with Gasteiger partial charge < -0.3 is 24.0 Å². The van der Waals surface area contributed by atoms with Crippen LogP contribution < -0.4 is 75.3 Å². The average molecular weight is 1120 g/mol. The summed E-state index contributed by atoms with van der Waals surface area (Å²) in [5.74, 6) is 0.183. The number of rotatable bonds is 12. The number of thiophene rings is 1. The number of halogens is 4. The van der Waals surface area contributed by atoms with Crippen LogP contribution in [0.3, 0.4) is 0 Å². The van der Waals surface area contributed by atoms with Crippen molar-refractivity contribution >= 4 is 91.6 Å². The van der Waals surface area contributed by atoms with Crippen LogP contribution in [0.25, 0.3) is 21.5 Å². The molecular weight excluding hydrogens is 1050 g/mol. The number of aryl methyl sites for hydroxylation is 1. The summed E-state index contributed by atoms with van der Waals surface area (Å²) >= 11 is 6.18. The van der Waals surface area contributed by atoms with Gasteiger partial charge in [0.05, 0.1) is 83.7 Å². The van der Waals surface area contributed by atoms with Crippen LogP contribution in [0.4, 0.5) is 20.3 Å². The average Bonchev–Trinajstić information content (AvgIpc) is 3.59. The zero-order chi connectivity index (χ0) is 49.7. The predicted molar refractivity (Wildman–Crippen MR) is 266 cm³/mol. The number of quaternary nitrogens is 1. The van der Waals surface area contributed by atoms with Gasteiger partial charge in [-0.2, -0.15) is 0 Å². The molecule has 4 fully saturated rings. The van der Waals surface area contributed by atoms with Crippen LogP contribution in [0.15, 0.2) is 12.3 Å². The third-order valence-corrected chi connectivity index (χ3v) is 19.3. The van der Waals surface area contributed by atoms with E-state index in [2.05, 4.69) is 45.0 Å². The molecule has 28 heteroatoms. The van der Waals surface area contributed by atoms with Crippen LogP contribution in [0.5, 0.6) is 5.88 Å². The second-order valence-electron chi connectivity index (χ2n) is 17.5. The first-order valence-electron chi connectivity index (χ1n) is 22.5. The summed E-state index contributed by atoms with van der Waals surface area (Å²) in [5.41, 5.74) is 3.45. The molecule has 0 unspecified atom stereocenters. The van der Waals surface area contributed by atoms with Gasteiger partial charge in [-0.05, 0) is 58.7 Å². The fourth-order valence-corrected chi connectivity index (χ4v) is 13.4. The number of likely N-dealkylation sites (tertiary alicyclic amines) is 2. The van der Waals surface area contributed by atoms with E-state index in [1.165, 1.54) is 37.2 Å². The number of sulfonamides is 1. The third kappa shape index (κ3) is 20.7. The summed E-state index contributed by atoms with van der Waals surface area (Å²) in [7, 11) is -13.0. The number of aromatic nitrogens is 3. The van der Waals surface area contributed by atoms with Crippen molar-refractivity contribution in [2.75, 3.05) is 107 Å². The molecule has 3 aromatic heterocycles. The molecule has 0 atom stereocenters. The van der Waals surface area contributed by atoms with Gasteiger partial charge in [0, 0.05) is 73.4 Å². The molecule has 17 nitrogen and oxygen atoms in total. The maximum absolute atomic E-state index is 12.0. The maximum Gasteiger partial charge on any atom is 1.00 e. The van der Waals surface area contributed by atoms with Crippen LogP contribution in [0.1, 0.15) is 75.2 Å². The van der Waals surface area contributed by atoms with Crippen LogP contribution in [0, 0.1) is 6.92 Å². The predicted octanol–water partition coefficient (Wildman–Crippen LogP) is -2.05. The molecule has 4 aliphatic rings. The number of fused-ring (bicyclic) bond motifs is 1. The van der Waals surface area contributed by atoms with Gasteiger partial charge in [0.2, 0.25) is 21.9 Å². The largest absolute Gasteiger partial charge is 1.00 e. The Kier molecular flexibility index (Phi) is 27.2. The van der Waals surface area contributed by atoms with Crippen molar-refractivity contribution in [1.29, 1.82) is 0 Å². The molecule has 0 amide bonds. The fourth-order valence-electron chi connectivity index (χ4n) is 8.42. The number of nitrogens with one attached hydrogen (secondary N) is 2. The van der Waals surface area contributed by atoms with E-state index in [0.717, 1.165) is 85.1 Å². The molecule has 69 heavy (non-hydrogen) atoms. The summed E-state index contributed by atoms with van der Waals surface area (Å²) in [6.45, 7) is 11.9. The number of methoxy groups -OCH3 is 1. The monoisotopic (exact) mass is 1120 g/mol. The second-order valence-corrected chi connectivity index (χ2v) is 27.8. The van der Waals surface area contributed by atoms with Gasteiger partial charge in [-0.3, -0.25) is 18.3 Å². The molecule has 0 radical (unpaired) electrons. The fraction of sp³-hybridized carbons (Fsp3) is 0.732. The molecule has 3 aliphatic heterocycles. The van der Waals surface area contributed by atoms with E-state index in [4.69, 9.17) is 19.4 Å². The second kappa shape index (κ2) is 29.2. The number of morpholine rings is 1. The summed E-state index contributed by atoms with van der Waals surface area (Å²) in [4.78, 5) is 21.4. The van der Waals surface area contributed by atoms with Gasteiger partial charge in [-0.25, -0.2) is 48.6 Å². The molecule has 0 bridgehead atoms. The quantitative estimate of drug-likeness (QED) is 0.148. The molecule has 3 aromatic rings. The Labute approximate surface area is 459 Å². The Hall–Kier alpha value is -0.949. The van der Waals surface area contributed by atoms with Crippen LogP contribution in [-0.4, -0.2) is 173 Å². The summed E-state index contributed by atoms with van der Waals surface area (Å²) < 4.78 is 128. The zero-order valence-corrected chi connectivity index (χ0v) is 48.9. The Balaban J connectivity index is 0.000000457. The maximum atomic E-state index is 12.0. The van der Waals surface area contributed by atoms with E-state index in [1.807, 2.05) is 0 Å². The number of hydrogen-bond acceptors (Lipinski definition) is 16. The number of anilines is 2. The summed E-state index contributed by atoms with van der Waals surface area (Å²) in [6.07, 6.45) is 14.8. The molecule has 0 aromatic carbocycles. The zero-order valence-electron chi connectivity index (χ0n) is 41.0. The number of pyridine rings is 1. The normalized spacial score (nSPS) is 19.8. The Bertz CT molecular complexity index is 2530. The van der Waals surface area contributed by atoms with Gasteiger partial charge in [-0.1, -0.05) is 19.3 Å². The van der Waals surface area contributed by atoms with Crippen molar-refractivity contribution in [2.45, 2.75) is 93.9 Å². The Morgan fingerprint density at radius 1 is 0.855 bits per heavy atom. The van der Waals surface area contributed by atoms with Crippen molar-refractivity contribution in [3.8, 4) is 17.1 Å². The molecular formula is C41H68BClF3KN7O10S5+. The summed E-state index contributed by atoms with van der Waals surface area (Å²) in [5, 5.41) is -0.378. The first kappa shape index (κ1) is 64.2. The van der Waals surface area contributed by atoms with E-state index >= 15 is 0 Å². The van der Waals surface area contributed by atoms with Crippen LogP contribution in [-0.2, 0) is 50.8 Å². The molecule has 7 rings (SSSR count). The summed E-state index contributed by atoms with van der Waals surface area (Å²) in [6, 6.07) is 1.68. The molecule has 1 aliphatic carbocycles. The smallest absolute Gasteiger partial charge is 1.00 e. The number of hydrogen-bond donors (Lipinski definition) is 2. The van der Waals surface area contributed by atoms with E-state index < -0.39 is 52.6 Å². The molecule has 388 valence electrons.